The lowest BCUT2D eigenvalue weighted by Crippen LogP contribution is -2.43. The summed E-state index contributed by atoms with van der Waals surface area (Å²) in [6.07, 6.45) is 2.16. The van der Waals surface area contributed by atoms with E-state index in [9.17, 15) is 20.1 Å². The molecule has 0 aliphatic heterocycles. The van der Waals surface area contributed by atoms with E-state index in [2.05, 4.69) is 16.7 Å². The van der Waals surface area contributed by atoms with Crippen LogP contribution in [0.1, 0.15) is 42.2 Å². The third-order valence-corrected chi connectivity index (χ3v) is 6.59. The van der Waals surface area contributed by atoms with E-state index < -0.39 is 6.10 Å². The Balaban J connectivity index is 1.54. The molecule has 3 aromatic carbocycles. The molecule has 35 heavy (non-hydrogen) atoms. The topological polar surface area (TPSA) is 102 Å². The Morgan fingerprint density at radius 3 is 2.37 bits per heavy atom. The van der Waals surface area contributed by atoms with Gasteiger partial charge in [0.1, 0.15) is 11.5 Å². The Kier molecular flexibility index (Phi) is 9.20. The predicted octanol–water partition coefficient (Wildman–Crippen LogP) is 4.32. The van der Waals surface area contributed by atoms with Crippen LogP contribution in [-0.2, 0) is 24.2 Å². The van der Waals surface area contributed by atoms with Gasteiger partial charge in [-0.2, -0.15) is 0 Å². The minimum atomic E-state index is -0.876. The highest BCUT2D eigenvalue weighted by atomic mass is 32.2. The molecular formula is C28H34N2O4S. The summed E-state index contributed by atoms with van der Waals surface area (Å²) >= 11 is 1.67. The molecule has 0 saturated carbocycles. The van der Waals surface area contributed by atoms with Gasteiger partial charge < -0.3 is 26.0 Å². The summed E-state index contributed by atoms with van der Waals surface area (Å²) in [5.74, 6) is -0.201. The van der Waals surface area contributed by atoms with Crippen LogP contribution in [0.5, 0.6) is 11.5 Å². The highest BCUT2D eigenvalue weighted by Gasteiger charge is 2.21. The fraction of sp³-hybridized carbons (Fsp3) is 0.321. The second kappa shape index (κ2) is 12.1. The van der Waals surface area contributed by atoms with E-state index in [0.29, 0.717) is 24.9 Å². The van der Waals surface area contributed by atoms with Crippen molar-refractivity contribution in [3.8, 4) is 11.5 Å². The molecule has 0 heterocycles. The number of benzene rings is 3. The SMILES string of the molecule is CSc1ccccc1CNC(=O)Cc1cccc(CC(C)(C)NC[C@H](O)c2cc(O)cc(O)c2)c1. The van der Waals surface area contributed by atoms with Gasteiger partial charge >= 0.3 is 0 Å². The van der Waals surface area contributed by atoms with E-state index in [4.69, 9.17) is 0 Å². The third kappa shape index (κ3) is 8.31. The van der Waals surface area contributed by atoms with Gasteiger partial charge in [0.05, 0.1) is 12.5 Å². The van der Waals surface area contributed by atoms with Gasteiger partial charge in [0.2, 0.25) is 5.91 Å². The van der Waals surface area contributed by atoms with Crippen molar-refractivity contribution in [2.75, 3.05) is 12.8 Å². The molecule has 0 radical (unpaired) electrons. The van der Waals surface area contributed by atoms with Crippen molar-refractivity contribution >= 4 is 17.7 Å². The predicted molar refractivity (Wildman–Crippen MR) is 141 cm³/mol. The second-order valence-corrected chi connectivity index (χ2v) is 10.2. The first-order valence-electron chi connectivity index (χ1n) is 11.6. The van der Waals surface area contributed by atoms with Crippen LogP contribution >= 0.6 is 11.8 Å². The van der Waals surface area contributed by atoms with Crippen molar-refractivity contribution in [1.82, 2.24) is 10.6 Å². The summed E-state index contributed by atoms with van der Waals surface area (Å²) in [7, 11) is 0. The average Bonchev–Trinajstić information content (AvgIpc) is 2.80. The zero-order valence-corrected chi connectivity index (χ0v) is 21.2. The normalized spacial score (nSPS) is 12.3. The maximum absolute atomic E-state index is 12.5. The van der Waals surface area contributed by atoms with Crippen LogP contribution in [0.3, 0.4) is 0 Å². The lowest BCUT2D eigenvalue weighted by atomic mass is 9.93. The van der Waals surface area contributed by atoms with Gasteiger partial charge in [-0.3, -0.25) is 4.79 Å². The molecule has 3 aromatic rings. The number of carbonyl (C=O) groups excluding carboxylic acids is 1. The number of rotatable bonds is 11. The van der Waals surface area contributed by atoms with Crippen LogP contribution in [0.25, 0.3) is 0 Å². The zero-order chi connectivity index (χ0) is 25.4. The van der Waals surface area contributed by atoms with E-state index >= 15 is 0 Å². The number of thioether (sulfide) groups is 1. The molecule has 0 unspecified atom stereocenters. The fourth-order valence-corrected chi connectivity index (χ4v) is 4.63. The highest BCUT2D eigenvalue weighted by Crippen LogP contribution is 2.25. The Morgan fingerprint density at radius 2 is 1.66 bits per heavy atom. The minimum absolute atomic E-state index is 0.0204. The molecule has 0 saturated heterocycles. The first-order valence-corrected chi connectivity index (χ1v) is 12.8. The van der Waals surface area contributed by atoms with Gasteiger partial charge in [0.25, 0.3) is 0 Å². The third-order valence-electron chi connectivity index (χ3n) is 5.75. The molecule has 0 aromatic heterocycles. The summed E-state index contributed by atoms with van der Waals surface area (Å²) in [5.41, 5.74) is 3.26. The maximum atomic E-state index is 12.5. The zero-order valence-electron chi connectivity index (χ0n) is 20.4. The largest absolute Gasteiger partial charge is 0.508 e. The van der Waals surface area contributed by atoms with E-state index in [1.807, 2.05) is 62.6 Å². The summed E-state index contributed by atoms with van der Waals surface area (Å²) < 4.78 is 0. The molecule has 186 valence electrons. The molecule has 0 bridgehead atoms. The molecule has 0 aliphatic rings. The first-order chi connectivity index (χ1) is 16.6. The van der Waals surface area contributed by atoms with Crippen LogP contribution in [-0.4, -0.2) is 39.6 Å². The van der Waals surface area contributed by atoms with Crippen LogP contribution in [0.2, 0.25) is 0 Å². The molecule has 1 amide bonds. The lowest BCUT2D eigenvalue weighted by molar-refractivity contribution is -0.120. The highest BCUT2D eigenvalue weighted by molar-refractivity contribution is 7.98. The average molecular weight is 495 g/mol. The second-order valence-electron chi connectivity index (χ2n) is 9.33. The summed E-state index contributed by atoms with van der Waals surface area (Å²) in [6.45, 7) is 4.85. The van der Waals surface area contributed by atoms with Gasteiger partial charge in [0, 0.05) is 29.6 Å². The van der Waals surface area contributed by atoms with Crippen molar-refractivity contribution in [3.63, 3.8) is 0 Å². The molecule has 3 rings (SSSR count). The molecule has 0 fully saturated rings. The van der Waals surface area contributed by atoms with E-state index in [-0.39, 0.29) is 29.5 Å². The molecular weight excluding hydrogens is 460 g/mol. The smallest absolute Gasteiger partial charge is 0.224 e. The van der Waals surface area contributed by atoms with Crippen molar-refractivity contribution in [1.29, 1.82) is 0 Å². The van der Waals surface area contributed by atoms with Crippen molar-refractivity contribution in [2.24, 2.45) is 0 Å². The van der Waals surface area contributed by atoms with Crippen LogP contribution in [0.15, 0.2) is 71.6 Å². The standard InChI is InChI=1S/C28H34N2O4S/c1-28(2,30-18-25(33)22-13-23(31)15-24(32)14-22)16-20-8-6-7-19(11-20)12-27(34)29-17-21-9-4-5-10-26(21)35-3/h4-11,13-15,25,30-33H,12,16-18H2,1-3H3,(H,29,34)/t25-/m0/s1. The number of hydrogen-bond acceptors (Lipinski definition) is 6. The Labute approximate surface area is 211 Å². The Hall–Kier alpha value is -3.00. The number of hydrogen-bond donors (Lipinski definition) is 5. The summed E-state index contributed by atoms with van der Waals surface area (Å²) in [5, 5.41) is 36.2. The van der Waals surface area contributed by atoms with Crippen molar-refractivity contribution in [3.05, 3.63) is 89.0 Å². The van der Waals surface area contributed by atoms with Crippen LogP contribution < -0.4 is 10.6 Å². The molecule has 1 atom stereocenters. The number of aliphatic hydroxyl groups excluding tert-OH is 1. The first kappa shape index (κ1) is 26.6. The van der Waals surface area contributed by atoms with E-state index in [1.165, 1.54) is 18.2 Å². The molecule has 5 N–H and O–H groups in total. The Bertz CT molecular complexity index is 1130. The fourth-order valence-electron chi connectivity index (χ4n) is 4.01. The number of β-amino-alcohol motifs (C(OH)–C–C–N with tert-alkyl or cyclic N) is 1. The Morgan fingerprint density at radius 1 is 0.971 bits per heavy atom. The van der Waals surface area contributed by atoms with Crippen LogP contribution in [0, 0.1) is 0 Å². The summed E-state index contributed by atoms with van der Waals surface area (Å²) in [4.78, 5) is 13.7. The molecule has 0 aliphatic carbocycles. The number of nitrogens with one attached hydrogen (secondary N) is 2. The van der Waals surface area contributed by atoms with Crippen LogP contribution in [0.4, 0.5) is 0 Å². The number of phenols is 2. The number of phenolic OH excluding ortho intramolecular Hbond substituents is 2. The van der Waals surface area contributed by atoms with Gasteiger partial charge in [-0.1, -0.05) is 42.5 Å². The minimum Gasteiger partial charge on any atom is -0.508 e. The molecule has 0 spiro atoms. The number of amides is 1. The van der Waals surface area contributed by atoms with Gasteiger partial charge in [-0.05, 0) is 67.0 Å². The van der Waals surface area contributed by atoms with Crippen molar-refractivity contribution < 1.29 is 20.1 Å². The maximum Gasteiger partial charge on any atom is 0.224 e. The van der Waals surface area contributed by atoms with E-state index in [1.54, 1.807) is 11.8 Å². The van der Waals surface area contributed by atoms with Gasteiger partial charge in [-0.15, -0.1) is 11.8 Å². The number of carbonyl (C=O) groups is 1. The molecule has 7 heteroatoms. The van der Waals surface area contributed by atoms with Gasteiger partial charge in [0.15, 0.2) is 0 Å². The monoisotopic (exact) mass is 494 g/mol. The lowest BCUT2D eigenvalue weighted by Gasteiger charge is -2.28. The van der Waals surface area contributed by atoms with E-state index in [0.717, 1.165) is 21.6 Å². The van der Waals surface area contributed by atoms with Gasteiger partial charge in [-0.25, -0.2) is 0 Å². The number of aliphatic hydroxyl groups is 1. The van der Waals surface area contributed by atoms with Crippen molar-refractivity contribution in [2.45, 2.75) is 49.8 Å². The molecule has 6 nitrogen and oxygen atoms in total. The summed E-state index contributed by atoms with van der Waals surface area (Å²) in [6, 6.07) is 20.2. The number of aromatic hydroxyl groups is 2. The quantitative estimate of drug-likeness (QED) is 0.255.